The van der Waals surface area contributed by atoms with Crippen molar-refractivity contribution in [2.45, 2.75) is 51.7 Å². The molecule has 1 aromatic carbocycles. The zero-order valence-corrected chi connectivity index (χ0v) is 15.7. The molecule has 1 fully saturated rings. The molecule has 0 aromatic heterocycles. The molecule has 0 aliphatic carbocycles. The van der Waals surface area contributed by atoms with E-state index in [9.17, 15) is 14.7 Å². The predicted octanol–water partition coefficient (Wildman–Crippen LogP) is 2.20. The van der Waals surface area contributed by atoms with E-state index in [1.165, 1.54) is 0 Å². The van der Waals surface area contributed by atoms with Gasteiger partial charge in [0, 0.05) is 10.6 Å². The van der Waals surface area contributed by atoms with Crippen LogP contribution in [0.15, 0.2) is 24.3 Å². The van der Waals surface area contributed by atoms with Gasteiger partial charge in [0.2, 0.25) is 5.91 Å². The molecule has 0 bridgehead atoms. The maximum atomic E-state index is 12.5. The first-order valence-corrected chi connectivity index (χ1v) is 9.01. The number of alkyl carbamates (subject to hydrolysis) is 1. The van der Waals surface area contributed by atoms with Crippen molar-refractivity contribution >= 4 is 23.6 Å². The number of hydrogen-bond donors (Lipinski definition) is 3. The molecule has 7 nitrogen and oxygen atoms in total. The van der Waals surface area contributed by atoms with Crippen molar-refractivity contribution < 1.29 is 24.2 Å². The molecular formula is C18H25ClN2O5. The summed E-state index contributed by atoms with van der Waals surface area (Å²) in [7, 11) is 0. The molecule has 3 atom stereocenters. The number of carbonyl (C=O) groups excluding carboxylic acids is 2. The second kappa shape index (κ2) is 9.75. The minimum atomic E-state index is -1.02. The lowest BCUT2D eigenvalue weighted by Crippen LogP contribution is -2.51. The number of halogens is 1. The fourth-order valence-electron chi connectivity index (χ4n) is 2.65. The fourth-order valence-corrected chi connectivity index (χ4v) is 2.84. The summed E-state index contributed by atoms with van der Waals surface area (Å²) in [6.45, 7) is 4.29. The first-order valence-electron chi connectivity index (χ1n) is 8.63. The van der Waals surface area contributed by atoms with Crippen molar-refractivity contribution in [3.05, 3.63) is 34.9 Å². The van der Waals surface area contributed by atoms with Crippen molar-refractivity contribution in [2.75, 3.05) is 6.61 Å². The van der Waals surface area contributed by atoms with E-state index in [2.05, 4.69) is 10.6 Å². The molecule has 8 heteroatoms. The Labute approximate surface area is 158 Å². The molecule has 144 valence electrons. The summed E-state index contributed by atoms with van der Waals surface area (Å²) in [6, 6.07) is 5.82. The summed E-state index contributed by atoms with van der Waals surface area (Å²) >= 11 is 6.03. The Kier molecular flexibility index (Phi) is 7.68. The monoisotopic (exact) mass is 384 g/mol. The molecule has 1 aliphatic heterocycles. The Balaban J connectivity index is 1.90. The van der Waals surface area contributed by atoms with Gasteiger partial charge in [-0.15, -0.1) is 0 Å². The van der Waals surface area contributed by atoms with Crippen LogP contribution in [-0.4, -0.2) is 42.1 Å². The van der Waals surface area contributed by atoms with Gasteiger partial charge in [-0.25, -0.2) is 4.79 Å². The van der Waals surface area contributed by atoms with Crippen LogP contribution in [0.3, 0.4) is 0 Å². The Morgan fingerprint density at radius 3 is 2.73 bits per heavy atom. The van der Waals surface area contributed by atoms with Crippen molar-refractivity contribution in [3.8, 4) is 0 Å². The van der Waals surface area contributed by atoms with Gasteiger partial charge < -0.3 is 25.2 Å². The van der Waals surface area contributed by atoms with Gasteiger partial charge in [-0.05, 0) is 24.8 Å². The smallest absolute Gasteiger partial charge is 0.408 e. The van der Waals surface area contributed by atoms with E-state index >= 15 is 0 Å². The molecule has 0 saturated carbocycles. The van der Waals surface area contributed by atoms with Crippen molar-refractivity contribution in [1.82, 2.24) is 10.6 Å². The number of benzene rings is 1. The summed E-state index contributed by atoms with van der Waals surface area (Å²) in [5.41, 5.74) is 0.681. The van der Waals surface area contributed by atoms with Crippen LogP contribution in [-0.2, 0) is 20.9 Å². The van der Waals surface area contributed by atoms with Crippen LogP contribution < -0.4 is 10.6 Å². The highest BCUT2D eigenvalue weighted by atomic mass is 35.5. The Morgan fingerprint density at radius 1 is 1.38 bits per heavy atom. The Hall–Kier alpha value is -1.83. The second-order valence-electron chi connectivity index (χ2n) is 6.66. The van der Waals surface area contributed by atoms with Crippen LogP contribution in [0.2, 0.25) is 5.02 Å². The number of ether oxygens (including phenoxy) is 2. The third kappa shape index (κ3) is 6.16. The highest BCUT2D eigenvalue weighted by Crippen LogP contribution is 2.16. The van der Waals surface area contributed by atoms with E-state index in [0.717, 1.165) is 0 Å². The second-order valence-corrected chi connectivity index (χ2v) is 7.07. The summed E-state index contributed by atoms with van der Waals surface area (Å²) in [6.07, 6.45) is -0.755. The van der Waals surface area contributed by atoms with E-state index < -0.39 is 24.5 Å². The molecule has 1 aromatic rings. The van der Waals surface area contributed by atoms with Crippen LogP contribution in [0, 0.1) is 5.92 Å². The lowest BCUT2D eigenvalue weighted by molar-refractivity contribution is -0.127. The summed E-state index contributed by atoms with van der Waals surface area (Å²) in [4.78, 5) is 24.6. The van der Waals surface area contributed by atoms with Crippen molar-refractivity contribution in [3.63, 3.8) is 0 Å². The molecule has 1 heterocycles. The number of amides is 2. The SMILES string of the molecule is CC(C)CC(NC(=O)OCc1ccccc1Cl)C(=O)N[C@H]1CCOC1O. The van der Waals surface area contributed by atoms with Crippen LogP contribution in [0.25, 0.3) is 0 Å². The van der Waals surface area contributed by atoms with Crippen molar-refractivity contribution in [1.29, 1.82) is 0 Å². The van der Waals surface area contributed by atoms with E-state index in [-0.39, 0.29) is 18.4 Å². The van der Waals surface area contributed by atoms with Gasteiger partial charge >= 0.3 is 6.09 Å². The normalized spacial score (nSPS) is 20.7. The molecule has 2 unspecified atom stereocenters. The first-order chi connectivity index (χ1) is 12.4. The maximum absolute atomic E-state index is 12.5. The molecule has 2 rings (SSSR count). The molecule has 2 amide bonds. The Bertz CT molecular complexity index is 625. The quantitative estimate of drug-likeness (QED) is 0.669. The summed E-state index contributed by atoms with van der Waals surface area (Å²) in [5.74, 6) is -0.192. The lowest BCUT2D eigenvalue weighted by atomic mass is 10.0. The number of aliphatic hydroxyl groups is 1. The number of aliphatic hydroxyl groups excluding tert-OH is 1. The van der Waals surface area contributed by atoms with Gasteiger partial charge in [0.05, 0.1) is 12.6 Å². The largest absolute Gasteiger partial charge is 0.445 e. The van der Waals surface area contributed by atoms with Gasteiger partial charge in [0.15, 0.2) is 6.29 Å². The molecule has 1 saturated heterocycles. The average Bonchev–Trinajstić information content (AvgIpc) is 2.98. The van der Waals surface area contributed by atoms with E-state index in [1.54, 1.807) is 24.3 Å². The molecule has 0 spiro atoms. The molecular weight excluding hydrogens is 360 g/mol. The summed E-state index contributed by atoms with van der Waals surface area (Å²) in [5, 5.41) is 15.5. The van der Waals surface area contributed by atoms with E-state index in [1.807, 2.05) is 13.8 Å². The van der Waals surface area contributed by atoms with E-state index in [0.29, 0.717) is 30.0 Å². The van der Waals surface area contributed by atoms with Crippen LogP contribution >= 0.6 is 11.6 Å². The fraction of sp³-hybridized carbons (Fsp3) is 0.556. The molecule has 0 radical (unpaired) electrons. The average molecular weight is 385 g/mol. The molecule has 26 heavy (non-hydrogen) atoms. The van der Waals surface area contributed by atoms with Crippen LogP contribution in [0.5, 0.6) is 0 Å². The van der Waals surface area contributed by atoms with Crippen LogP contribution in [0.1, 0.15) is 32.3 Å². The zero-order chi connectivity index (χ0) is 19.1. The van der Waals surface area contributed by atoms with Gasteiger partial charge in [-0.3, -0.25) is 4.79 Å². The van der Waals surface area contributed by atoms with Crippen LogP contribution in [0.4, 0.5) is 4.79 Å². The number of carbonyl (C=O) groups is 2. The number of nitrogens with one attached hydrogen (secondary N) is 2. The maximum Gasteiger partial charge on any atom is 0.408 e. The predicted molar refractivity (Wildman–Crippen MR) is 96.5 cm³/mol. The Morgan fingerprint density at radius 2 is 2.12 bits per heavy atom. The minimum absolute atomic E-state index is 0.0106. The van der Waals surface area contributed by atoms with Gasteiger partial charge in [-0.2, -0.15) is 0 Å². The van der Waals surface area contributed by atoms with Gasteiger partial charge in [-0.1, -0.05) is 43.6 Å². The standard InChI is InChI=1S/C18H25ClN2O5/c1-11(2)9-15(16(22)20-14-7-8-25-17(14)23)21-18(24)26-10-12-5-3-4-6-13(12)19/h3-6,11,14-15,17,23H,7-10H2,1-2H3,(H,20,22)(H,21,24)/t14-,15?,17?/m0/s1. The third-order valence-electron chi connectivity index (χ3n) is 4.02. The molecule has 3 N–H and O–H groups in total. The van der Waals surface area contributed by atoms with Gasteiger partial charge in [0.1, 0.15) is 12.6 Å². The van der Waals surface area contributed by atoms with E-state index in [4.69, 9.17) is 21.1 Å². The third-order valence-corrected chi connectivity index (χ3v) is 4.39. The highest BCUT2D eigenvalue weighted by Gasteiger charge is 2.31. The first kappa shape index (κ1) is 20.5. The molecule has 1 aliphatic rings. The van der Waals surface area contributed by atoms with Gasteiger partial charge in [0.25, 0.3) is 0 Å². The minimum Gasteiger partial charge on any atom is -0.445 e. The summed E-state index contributed by atoms with van der Waals surface area (Å²) < 4.78 is 10.2. The topological polar surface area (TPSA) is 96.9 Å². The van der Waals surface area contributed by atoms with Crippen molar-refractivity contribution in [2.24, 2.45) is 5.92 Å². The number of hydrogen-bond acceptors (Lipinski definition) is 5. The highest BCUT2D eigenvalue weighted by molar-refractivity contribution is 6.31. The number of rotatable bonds is 7. The lowest BCUT2D eigenvalue weighted by Gasteiger charge is -2.23. The zero-order valence-electron chi connectivity index (χ0n) is 14.9.